The maximum atomic E-state index is 12.8. The molecule has 13 nitrogen and oxygen atoms in total. The van der Waals surface area contributed by atoms with E-state index in [2.05, 4.69) is 42.1 Å². The number of esters is 1. The lowest BCUT2D eigenvalue weighted by atomic mass is 10.1. The quantitative estimate of drug-likeness (QED) is 0.0924. The monoisotopic (exact) mass is 605 g/mol. The number of aromatic nitrogens is 2. The summed E-state index contributed by atoms with van der Waals surface area (Å²) < 4.78 is 29.5. The largest absolute Gasteiger partial charge is 0.469 e. The van der Waals surface area contributed by atoms with Crippen LogP contribution in [0.15, 0.2) is 15.8 Å². The molecule has 2 rings (SSSR count). The summed E-state index contributed by atoms with van der Waals surface area (Å²) in [5, 5.41) is 0. The lowest BCUT2D eigenvalue weighted by molar-refractivity contribution is -0.925. The number of quaternary nitrogens is 1. The van der Waals surface area contributed by atoms with E-state index in [-0.39, 0.29) is 18.4 Å². The molecule has 0 unspecified atom stereocenters. The molecule has 1 aliphatic heterocycles. The van der Waals surface area contributed by atoms with Crippen molar-refractivity contribution in [2.24, 2.45) is 0 Å². The van der Waals surface area contributed by atoms with E-state index in [1.165, 1.54) is 30.5 Å². The van der Waals surface area contributed by atoms with Gasteiger partial charge in [0.1, 0.15) is 18.4 Å². The zero-order valence-electron chi connectivity index (χ0n) is 25.2. The van der Waals surface area contributed by atoms with E-state index in [1.54, 1.807) is 0 Å². The minimum atomic E-state index is -4.80. The predicted molar refractivity (Wildman–Crippen MR) is 154 cm³/mol. The van der Waals surface area contributed by atoms with E-state index in [0.717, 1.165) is 56.7 Å². The van der Waals surface area contributed by atoms with Crippen LogP contribution in [0.4, 0.5) is 0 Å². The number of phosphoric ester groups is 1. The zero-order chi connectivity index (χ0) is 30.6. The Labute approximate surface area is 242 Å². The molecule has 1 aliphatic rings. The van der Waals surface area contributed by atoms with Gasteiger partial charge in [-0.2, -0.15) is 0 Å². The molecule has 14 heteroatoms. The average Bonchev–Trinajstić information content (AvgIpc) is 3.32. The van der Waals surface area contributed by atoms with Crippen molar-refractivity contribution in [3.63, 3.8) is 0 Å². The lowest BCUT2D eigenvalue weighted by Crippen LogP contribution is -2.49. The van der Waals surface area contributed by atoms with Crippen molar-refractivity contribution in [1.82, 2.24) is 14.5 Å². The first-order valence-electron chi connectivity index (χ1n) is 14.8. The molecule has 0 saturated carbocycles. The highest BCUT2D eigenvalue weighted by molar-refractivity contribution is 7.46. The summed E-state index contributed by atoms with van der Waals surface area (Å²) in [5.74, 6) is -0.448. The molecule has 3 atom stereocenters. The first kappa shape index (κ1) is 35.3. The maximum absolute atomic E-state index is 12.8. The Bertz CT molecular complexity index is 1110. The Morgan fingerprint density at radius 3 is 2.34 bits per heavy atom. The number of unbranched alkanes of at least 4 members (excludes halogenated alkanes) is 2. The molecule has 1 saturated heterocycles. The van der Waals surface area contributed by atoms with Crippen molar-refractivity contribution in [2.75, 3.05) is 52.4 Å². The summed E-state index contributed by atoms with van der Waals surface area (Å²) in [6, 6.07) is 0. The van der Waals surface area contributed by atoms with Crippen LogP contribution in [0.1, 0.15) is 78.0 Å². The number of rotatable bonds is 19. The fourth-order valence-corrected chi connectivity index (χ4v) is 5.69. The number of aryl methyl sites for hydroxylation is 1. The highest BCUT2D eigenvalue weighted by Gasteiger charge is 2.40. The molecule has 236 valence electrons. The van der Waals surface area contributed by atoms with Gasteiger partial charge in [0.2, 0.25) is 0 Å². The van der Waals surface area contributed by atoms with Crippen LogP contribution in [0.3, 0.4) is 0 Å². The lowest BCUT2D eigenvalue weighted by Gasteiger charge is -2.37. The number of H-pyrrole nitrogens is 1. The normalized spacial score (nSPS) is 19.7. The molecule has 1 aromatic heterocycles. The van der Waals surface area contributed by atoms with Crippen molar-refractivity contribution < 1.29 is 37.6 Å². The number of ether oxygens (including phenoxy) is 2. The number of phosphoric acid groups is 1. The molecule has 0 spiro atoms. The Morgan fingerprint density at radius 1 is 1.12 bits per heavy atom. The maximum Gasteiger partial charge on any atom is 0.469 e. The van der Waals surface area contributed by atoms with E-state index in [4.69, 9.17) is 19.3 Å². The van der Waals surface area contributed by atoms with Gasteiger partial charge in [-0.3, -0.25) is 23.7 Å². The molecule has 0 aliphatic carbocycles. The van der Waals surface area contributed by atoms with Gasteiger partial charge < -0.3 is 28.6 Å². The summed E-state index contributed by atoms with van der Waals surface area (Å²) in [6.07, 6.45) is 2.66. The minimum Gasteiger partial charge on any atom is -0.459 e. The van der Waals surface area contributed by atoms with Crippen molar-refractivity contribution in [2.45, 2.75) is 91.6 Å². The fourth-order valence-electron chi connectivity index (χ4n) is 5.35. The van der Waals surface area contributed by atoms with Gasteiger partial charge in [0, 0.05) is 24.6 Å². The minimum absolute atomic E-state index is 0.0610. The van der Waals surface area contributed by atoms with Crippen LogP contribution in [-0.4, -0.2) is 99.3 Å². The molecular formula is C27H50N4O9P+. The molecule has 0 radical (unpaired) electrons. The standard InChI is InChI=1S/C27H49N4O9P/c1-6-29(7-2)15-11-13-17-31(8-3,9-4)16-12-10-14-25(32)40-22-18-24(39-23(22)20-38-41(35,36)37)30-19-21(5)26(33)28-27(30)34/h19,22-24H,6-18,20H2,1-5H3,(H2-,28,33,34,35,36,37)/p+1/t22-,23+,24+/m0/s1. The van der Waals surface area contributed by atoms with Gasteiger partial charge in [-0.1, -0.05) is 13.8 Å². The van der Waals surface area contributed by atoms with E-state index < -0.39 is 50.1 Å². The Kier molecular flexibility index (Phi) is 14.4. The van der Waals surface area contributed by atoms with E-state index in [0.29, 0.717) is 6.42 Å². The summed E-state index contributed by atoms with van der Waals surface area (Å²) in [6.45, 7) is 17.3. The molecule has 0 amide bonds. The van der Waals surface area contributed by atoms with Crippen LogP contribution in [0.2, 0.25) is 0 Å². The summed E-state index contributed by atoms with van der Waals surface area (Å²) in [5.41, 5.74) is -0.940. The van der Waals surface area contributed by atoms with Crippen molar-refractivity contribution >= 4 is 13.8 Å². The van der Waals surface area contributed by atoms with Crippen molar-refractivity contribution in [3.8, 4) is 0 Å². The molecule has 3 N–H and O–H groups in total. The molecular weight excluding hydrogens is 555 g/mol. The number of nitrogens with one attached hydrogen (secondary N) is 1. The zero-order valence-corrected chi connectivity index (χ0v) is 26.1. The van der Waals surface area contributed by atoms with E-state index in [9.17, 15) is 18.9 Å². The smallest absolute Gasteiger partial charge is 0.459 e. The fraction of sp³-hybridized carbons (Fsp3) is 0.815. The van der Waals surface area contributed by atoms with Gasteiger partial charge >= 0.3 is 19.5 Å². The van der Waals surface area contributed by atoms with E-state index in [1.807, 2.05) is 0 Å². The van der Waals surface area contributed by atoms with Crippen LogP contribution in [0.5, 0.6) is 0 Å². The van der Waals surface area contributed by atoms with E-state index >= 15 is 0 Å². The summed E-state index contributed by atoms with van der Waals surface area (Å²) in [4.78, 5) is 59.7. The van der Waals surface area contributed by atoms with Gasteiger partial charge in [0.05, 0.1) is 32.8 Å². The van der Waals surface area contributed by atoms with Gasteiger partial charge in [0.15, 0.2) is 0 Å². The third-order valence-electron chi connectivity index (χ3n) is 8.18. The SMILES string of the molecule is CCN(CC)CCCC[N+](CC)(CC)CCCCC(=O)O[C@H]1C[C@H](n2cc(C)c(=O)[nH]c2=O)O[C@@H]1COP(=O)(O)O. The van der Waals surface area contributed by atoms with Gasteiger partial charge in [-0.15, -0.1) is 0 Å². The van der Waals surface area contributed by atoms with Gasteiger partial charge in [-0.05, 0) is 66.1 Å². The second-order valence-electron chi connectivity index (χ2n) is 10.8. The molecule has 41 heavy (non-hydrogen) atoms. The van der Waals surface area contributed by atoms with Gasteiger partial charge in [-0.25, -0.2) is 9.36 Å². The Hall–Kier alpha value is -1.86. The molecule has 0 aromatic carbocycles. The molecule has 1 aromatic rings. The Morgan fingerprint density at radius 2 is 1.76 bits per heavy atom. The van der Waals surface area contributed by atoms with Crippen LogP contribution < -0.4 is 11.2 Å². The number of carbonyl (C=O) groups is 1. The molecule has 2 heterocycles. The van der Waals surface area contributed by atoms with Crippen LogP contribution in [-0.2, 0) is 23.4 Å². The first-order chi connectivity index (χ1) is 19.4. The van der Waals surface area contributed by atoms with Crippen molar-refractivity contribution in [3.05, 3.63) is 32.6 Å². The number of nitrogens with zero attached hydrogens (tertiary/aromatic N) is 3. The number of hydrogen-bond donors (Lipinski definition) is 3. The number of carbonyl (C=O) groups excluding carboxylic acids is 1. The molecule has 1 fully saturated rings. The number of aromatic amines is 1. The summed E-state index contributed by atoms with van der Waals surface area (Å²) in [7, 11) is -4.80. The van der Waals surface area contributed by atoms with Crippen LogP contribution in [0.25, 0.3) is 0 Å². The Balaban J connectivity index is 1.92. The predicted octanol–water partition coefficient (Wildman–Crippen LogP) is 2.30. The first-order valence-corrected chi connectivity index (χ1v) is 16.3. The second-order valence-corrected chi connectivity index (χ2v) is 12.0. The van der Waals surface area contributed by atoms with Gasteiger partial charge in [0.25, 0.3) is 5.56 Å². The van der Waals surface area contributed by atoms with Crippen molar-refractivity contribution in [1.29, 1.82) is 0 Å². The van der Waals surface area contributed by atoms with Crippen LogP contribution in [0, 0.1) is 6.92 Å². The van der Waals surface area contributed by atoms with Crippen LogP contribution >= 0.6 is 7.82 Å². The topological polar surface area (TPSA) is 160 Å². The number of hydrogen-bond acceptors (Lipinski definition) is 8. The average molecular weight is 606 g/mol. The third kappa shape index (κ3) is 11.4. The third-order valence-corrected chi connectivity index (χ3v) is 8.67. The second kappa shape index (κ2) is 16.7. The molecule has 0 bridgehead atoms. The highest BCUT2D eigenvalue weighted by Crippen LogP contribution is 2.38. The highest BCUT2D eigenvalue weighted by atomic mass is 31.2. The summed E-state index contributed by atoms with van der Waals surface area (Å²) >= 11 is 0.